The minimum Gasteiger partial charge on any atom is -0.493 e. The van der Waals surface area contributed by atoms with E-state index < -0.39 is 0 Å². The van der Waals surface area contributed by atoms with Crippen molar-refractivity contribution in [1.29, 1.82) is 0 Å². The lowest BCUT2D eigenvalue weighted by Crippen LogP contribution is -2.14. The summed E-state index contributed by atoms with van der Waals surface area (Å²) in [5, 5.41) is 7.14. The largest absolute Gasteiger partial charge is 0.493 e. The van der Waals surface area contributed by atoms with E-state index in [2.05, 4.69) is 26.3 Å². The van der Waals surface area contributed by atoms with Gasteiger partial charge < -0.3 is 10.1 Å². The second-order valence-corrected chi connectivity index (χ2v) is 5.70. The van der Waals surface area contributed by atoms with Crippen LogP contribution in [0.2, 0.25) is 0 Å². The van der Waals surface area contributed by atoms with Crippen LogP contribution in [0.4, 0.5) is 5.69 Å². The molecule has 1 amide bonds. The predicted molar refractivity (Wildman–Crippen MR) is 92.2 cm³/mol. The second kappa shape index (κ2) is 6.66. The van der Waals surface area contributed by atoms with Gasteiger partial charge in [-0.25, -0.2) is 4.68 Å². The molecule has 6 heteroatoms. The third kappa shape index (κ3) is 3.43. The summed E-state index contributed by atoms with van der Waals surface area (Å²) in [7, 11) is 1.52. The van der Waals surface area contributed by atoms with Gasteiger partial charge >= 0.3 is 0 Å². The number of hydrogen-bond donors (Lipinski definition) is 1. The van der Waals surface area contributed by atoms with Crippen LogP contribution in [-0.4, -0.2) is 22.8 Å². The SMILES string of the molecule is COc1cn(-c2ccccc2)nc1C(=O)Nc1ccc(Br)cc1. The standard InChI is InChI=1S/C17H14BrN3O2/c1-23-15-11-21(14-5-3-2-4-6-14)20-16(15)17(22)19-13-9-7-12(18)8-10-13/h2-11H,1H3,(H,19,22). The highest BCUT2D eigenvalue weighted by atomic mass is 79.9. The van der Waals surface area contributed by atoms with Gasteiger partial charge in [0.1, 0.15) is 0 Å². The van der Waals surface area contributed by atoms with Crippen LogP contribution in [0.15, 0.2) is 65.3 Å². The number of aromatic nitrogens is 2. The molecule has 0 fully saturated rings. The molecule has 0 saturated carbocycles. The Labute approximate surface area is 142 Å². The first-order valence-corrected chi connectivity index (χ1v) is 7.72. The molecule has 0 aliphatic carbocycles. The highest BCUT2D eigenvalue weighted by molar-refractivity contribution is 9.10. The lowest BCUT2D eigenvalue weighted by Gasteiger charge is -2.04. The topological polar surface area (TPSA) is 56.2 Å². The smallest absolute Gasteiger partial charge is 0.280 e. The van der Waals surface area contributed by atoms with Crippen LogP contribution >= 0.6 is 15.9 Å². The molecule has 116 valence electrons. The van der Waals surface area contributed by atoms with Crippen molar-refractivity contribution >= 4 is 27.5 Å². The highest BCUT2D eigenvalue weighted by Crippen LogP contribution is 2.21. The van der Waals surface area contributed by atoms with Gasteiger partial charge in [-0.15, -0.1) is 0 Å². The van der Waals surface area contributed by atoms with Gasteiger partial charge in [0.2, 0.25) is 0 Å². The van der Waals surface area contributed by atoms with Crippen molar-refractivity contribution < 1.29 is 9.53 Å². The molecule has 0 spiro atoms. The Hall–Kier alpha value is -2.60. The van der Waals surface area contributed by atoms with Gasteiger partial charge in [-0.2, -0.15) is 5.10 Å². The first-order chi connectivity index (χ1) is 11.2. The highest BCUT2D eigenvalue weighted by Gasteiger charge is 2.18. The number of anilines is 1. The van der Waals surface area contributed by atoms with E-state index in [0.29, 0.717) is 11.4 Å². The molecule has 5 nitrogen and oxygen atoms in total. The van der Waals surface area contributed by atoms with Gasteiger partial charge in [0.15, 0.2) is 11.4 Å². The number of para-hydroxylation sites is 1. The number of methoxy groups -OCH3 is 1. The van der Waals surface area contributed by atoms with Gasteiger partial charge in [-0.05, 0) is 36.4 Å². The van der Waals surface area contributed by atoms with E-state index in [1.54, 1.807) is 10.9 Å². The Balaban J connectivity index is 1.88. The molecule has 0 aliphatic heterocycles. The fraction of sp³-hybridized carbons (Fsp3) is 0.0588. The van der Waals surface area contributed by atoms with E-state index >= 15 is 0 Å². The quantitative estimate of drug-likeness (QED) is 0.756. The fourth-order valence-electron chi connectivity index (χ4n) is 2.10. The Morgan fingerprint density at radius 2 is 1.83 bits per heavy atom. The first kappa shape index (κ1) is 15.3. The monoisotopic (exact) mass is 371 g/mol. The van der Waals surface area contributed by atoms with Gasteiger partial charge in [0.25, 0.3) is 5.91 Å². The van der Waals surface area contributed by atoms with Crippen molar-refractivity contribution in [3.63, 3.8) is 0 Å². The predicted octanol–water partition coefficient (Wildman–Crippen LogP) is 3.90. The number of nitrogens with zero attached hydrogens (tertiary/aromatic N) is 2. The number of carbonyl (C=O) groups excluding carboxylic acids is 1. The molecule has 2 aromatic carbocycles. The maximum Gasteiger partial charge on any atom is 0.280 e. The van der Waals surface area contributed by atoms with Gasteiger partial charge in [-0.1, -0.05) is 34.1 Å². The minimum atomic E-state index is -0.321. The van der Waals surface area contributed by atoms with Crippen molar-refractivity contribution in [2.45, 2.75) is 0 Å². The number of hydrogen-bond acceptors (Lipinski definition) is 3. The third-order valence-electron chi connectivity index (χ3n) is 3.24. The molecule has 0 unspecified atom stereocenters. The van der Waals surface area contributed by atoms with E-state index in [1.165, 1.54) is 7.11 Å². The van der Waals surface area contributed by atoms with Crippen molar-refractivity contribution in [3.05, 3.63) is 71.0 Å². The van der Waals surface area contributed by atoms with Crippen molar-refractivity contribution in [3.8, 4) is 11.4 Å². The van der Waals surface area contributed by atoms with E-state index in [-0.39, 0.29) is 11.6 Å². The third-order valence-corrected chi connectivity index (χ3v) is 3.77. The molecule has 0 bridgehead atoms. The van der Waals surface area contributed by atoms with Crippen LogP contribution in [0.25, 0.3) is 5.69 Å². The zero-order valence-electron chi connectivity index (χ0n) is 12.4. The molecule has 1 N–H and O–H groups in total. The van der Waals surface area contributed by atoms with Crippen LogP contribution in [-0.2, 0) is 0 Å². The van der Waals surface area contributed by atoms with Crippen LogP contribution in [0, 0.1) is 0 Å². The molecule has 0 radical (unpaired) electrons. The maximum absolute atomic E-state index is 12.4. The first-order valence-electron chi connectivity index (χ1n) is 6.93. The normalized spacial score (nSPS) is 10.3. The van der Waals surface area contributed by atoms with E-state index in [1.807, 2.05) is 54.6 Å². The Morgan fingerprint density at radius 1 is 1.13 bits per heavy atom. The Bertz CT molecular complexity index is 814. The van der Waals surface area contributed by atoms with Crippen molar-refractivity contribution in [1.82, 2.24) is 9.78 Å². The Morgan fingerprint density at radius 3 is 2.48 bits per heavy atom. The number of benzene rings is 2. The van der Waals surface area contributed by atoms with Gasteiger partial charge in [0.05, 0.1) is 19.0 Å². The summed E-state index contributed by atoms with van der Waals surface area (Å²) in [5.41, 5.74) is 1.78. The lowest BCUT2D eigenvalue weighted by atomic mass is 10.3. The van der Waals surface area contributed by atoms with Crippen molar-refractivity contribution in [2.75, 3.05) is 12.4 Å². The summed E-state index contributed by atoms with van der Waals surface area (Å²) in [6.45, 7) is 0. The summed E-state index contributed by atoms with van der Waals surface area (Å²) in [6, 6.07) is 16.9. The summed E-state index contributed by atoms with van der Waals surface area (Å²) >= 11 is 3.36. The lowest BCUT2D eigenvalue weighted by molar-refractivity contribution is 0.101. The summed E-state index contributed by atoms with van der Waals surface area (Å²) in [4.78, 5) is 12.4. The summed E-state index contributed by atoms with van der Waals surface area (Å²) in [6.07, 6.45) is 1.69. The molecule has 0 aliphatic rings. The van der Waals surface area contributed by atoms with Crippen LogP contribution in [0.1, 0.15) is 10.5 Å². The van der Waals surface area contributed by atoms with Crippen molar-refractivity contribution in [2.24, 2.45) is 0 Å². The Kier molecular flexibility index (Phi) is 4.43. The zero-order chi connectivity index (χ0) is 16.2. The molecule has 3 rings (SSSR count). The minimum absolute atomic E-state index is 0.235. The van der Waals surface area contributed by atoms with Gasteiger partial charge in [-0.3, -0.25) is 4.79 Å². The molecular formula is C17H14BrN3O2. The van der Waals surface area contributed by atoms with Crippen LogP contribution < -0.4 is 10.1 Å². The molecular weight excluding hydrogens is 358 g/mol. The average Bonchev–Trinajstić information content (AvgIpc) is 3.02. The number of ether oxygens (including phenoxy) is 1. The van der Waals surface area contributed by atoms with E-state index in [0.717, 1.165) is 10.2 Å². The number of halogens is 1. The average molecular weight is 372 g/mol. The molecule has 1 heterocycles. The van der Waals surface area contributed by atoms with Gasteiger partial charge in [0, 0.05) is 10.2 Å². The summed E-state index contributed by atoms with van der Waals surface area (Å²) in [5.74, 6) is 0.0994. The molecule has 1 aromatic heterocycles. The molecule has 0 saturated heterocycles. The zero-order valence-corrected chi connectivity index (χ0v) is 13.9. The number of amides is 1. The number of rotatable bonds is 4. The maximum atomic E-state index is 12.4. The molecule has 3 aromatic rings. The number of carbonyl (C=O) groups is 1. The molecule has 23 heavy (non-hydrogen) atoms. The van der Waals surface area contributed by atoms with Crippen LogP contribution in [0.5, 0.6) is 5.75 Å². The fourth-order valence-corrected chi connectivity index (χ4v) is 2.37. The van der Waals surface area contributed by atoms with Crippen LogP contribution in [0.3, 0.4) is 0 Å². The van der Waals surface area contributed by atoms with E-state index in [4.69, 9.17) is 4.74 Å². The summed E-state index contributed by atoms with van der Waals surface area (Å²) < 4.78 is 7.84. The molecule has 0 atom stereocenters. The number of nitrogens with one attached hydrogen (secondary N) is 1. The van der Waals surface area contributed by atoms with E-state index in [9.17, 15) is 4.79 Å². The second-order valence-electron chi connectivity index (χ2n) is 4.79.